The van der Waals surface area contributed by atoms with Crippen LogP contribution in [0.4, 0.5) is 5.69 Å². The molecule has 0 amide bonds. The number of furan rings is 1. The average molecular weight is 303 g/mol. The summed E-state index contributed by atoms with van der Waals surface area (Å²) in [4.78, 5) is 0. The molecule has 0 bridgehead atoms. The van der Waals surface area contributed by atoms with Gasteiger partial charge in [0.15, 0.2) is 5.76 Å². The fraction of sp³-hybridized carbons (Fsp3) is 0.0714. The highest BCUT2D eigenvalue weighted by Crippen LogP contribution is 2.28. The molecule has 0 fully saturated rings. The smallest absolute Gasteiger partial charge is 0.335 e. The Morgan fingerprint density at radius 1 is 1.19 bits per heavy atom. The van der Waals surface area contributed by atoms with Crippen molar-refractivity contribution >= 4 is 17.3 Å². The van der Waals surface area contributed by atoms with E-state index in [1.54, 1.807) is 6.26 Å². The molecule has 7 heteroatoms. The zero-order valence-electron chi connectivity index (χ0n) is 11.2. The zero-order chi connectivity index (χ0) is 15.1. The van der Waals surface area contributed by atoms with Crippen molar-refractivity contribution in [3.05, 3.63) is 48.7 Å². The lowest BCUT2D eigenvalue weighted by molar-refractivity contribution is 0.580. The molecule has 6 nitrogen and oxygen atoms in total. The summed E-state index contributed by atoms with van der Waals surface area (Å²) in [6.07, 6.45) is 1.65. The van der Waals surface area contributed by atoms with E-state index in [9.17, 15) is 0 Å². The van der Waals surface area contributed by atoms with Crippen molar-refractivity contribution < 1.29 is 12.8 Å². The van der Waals surface area contributed by atoms with Gasteiger partial charge in [-0.15, -0.1) is 0 Å². The molecule has 1 aromatic carbocycles. The highest BCUT2D eigenvalue weighted by Gasteiger charge is 2.09. The fourth-order valence-electron chi connectivity index (χ4n) is 1.94. The van der Waals surface area contributed by atoms with Crippen LogP contribution in [0.5, 0.6) is 0 Å². The normalized spacial score (nSPS) is 9.57. The second-order valence-corrected chi connectivity index (χ2v) is 4.14. The summed E-state index contributed by atoms with van der Waals surface area (Å²) in [6.45, 7) is 0. The SMILES string of the molecule is CNc1ccccc1-c1cc(-c2ccco2)[nH]n1.O=S=O. The van der Waals surface area contributed by atoms with Crippen LogP contribution in [0.2, 0.25) is 0 Å². The first-order valence-corrected chi connectivity index (χ1v) is 6.75. The van der Waals surface area contributed by atoms with Gasteiger partial charge >= 0.3 is 11.6 Å². The number of hydrogen-bond acceptors (Lipinski definition) is 5. The second-order valence-electron chi connectivity index (χ2n) is 4.01. The minimum Gasteiger partial charge on any atom is -0.463 e. The third-order valence-electron chi connectivity index (χ3n) is 2.84. The van der Waals surface area contributed by atoms with E-state index < -0.39 is 11.6 Å². The van der Waals surface area contributed by atoms with Crippen molar-refractivity contribution in [2.24, 2.45) is 0 Å². The summed E-state index contributed by atoms with van der Waals surface area (Å²) in [5, 5.41) is 10.5. The van der Waals surface area contributed by atoms with Gasteiger partial charge in [0.25, 0.3) is 0 Å². The van der Waals surface area contributed by atoms with Crippen LogP contribution >= 0.6 is 0 Å². The Kier molecular flexibility index (Phi) is 5.05. The van der Waals surface area contributed by atoms with Crippen LogP contribution in [-0.4, -0.2) is 25.7 Å². The first kappa shape index (κ1) is 14.7. The molecule has 0 saturated heterocycles. The van der Waals surface area contributed by atoms with Gasteiger partial charge in [-0.05, 0) is 24.3 Å². The number of nitrogens with one attached hydrogen (secondary N) is 2. The molecule has 0 spiro atoms. The lowest BCUT2D eigenvalue weighted by Gasteiger charge is -2.05. The number of rotatable bonds is 3. The minimum atomic E-state index is -0.750. The number of hydrogen-bond donors (Lipinski definition) is 2. The van der Waals surface area contributed by atoms with E-state index in [0.29, 0.717) is 0 Å². The van der Waals surface area contributed by atoms with Gasteiger partial charge in [0, 0.05) is 18.3 Å². The van der Waals surface area contributed by atoms with E-state index in [4.69, 9.17) is 12.8 Å². The lowest BCUT2D eigenvalue weighted by atomic mass is 10.1. The van der Waals surface area contributed by atoms with Gasteiger partial charge in [0.2, 0.25) is 0 Å². The molecule has 0 atom stereocenters. The minimum absolute atomic E-state index is 0.750. The maximum absolute atomic E-state index is 8.29. The third kappa shape index (κ3) is 3.46. The Morgan fingerprint density at radius 2 is 1.95 bits per heavy atom. The lowest BCUT2D eigenvalue weighted by Crippen LogP contribution is -1.91. The predicted molar refractivity (Wildman–Crippen MR) is 80.2 cm³/mol. The second kappa shape index (κ2) is 7.20. The molecule has 0 saturated carbocycles. The Morgan fingerprint density at radius 3 is 2.62 bits per heavy atom. The van der Waals surface area contributed by atoms with Crippen LogP contribution < -0.4 is 5.32 Å². The highest BCUT2D eigenvalue weighted by atomic mass is 32.1. The van der Waals surface area contributed by atoms with Gasteiger partial charge in [-0.2, -0.15) is 13.5 Å². The Labute approximate surface area is 124 Å². The van der Waals surface area contributed by atoms with Crippen molar-refractivity contribution in [2.75, 3.05) is 12.4 Å². The molecule has 0 aliphatic rings. The molecule has 2 aromatic heterocycles. The van der Waals surface area contributed by atoms with Gasteiger partial charge in [0.1, 0.15) is 5.69 Å². The van der Waals surface area contributed by atoms with Crippen LogP contribution in [0.1, 0.15) is 0 Å². The summed E-state index contributed by atoms with van der Waals surface area (Å²) >= 11 is -0.750. The molecule has 0 aliphatic carbocycles. The zero-order valence-corrected chi connectivity index (χ0v) is 12.0. The number of anilines is 1. The molecule has 3 aromatic rings. The first-order valence-electron chi connectivity index (χ1n) is 6.08. The van der Waals surface area contributed by atoms with Crippen LogP contribution in [0.3, 0.4) is 0 Å². The molecule has 2 heterocycles. The van der Waals surface area contributed by atoms with Crippen molar-refractivity contribution in [3.63, 3.8) is 0 Å². The Balaban J connectivity index is 0.000000497. The summed E-state index contributed by atoms with van der Waals surface area (Å²) in [6, 6.07) is 13.8. The molecular formula is C14H13N3O3S. The van der Waals surface area contributed by atoms with Crippen LogP contribution in [-0.2, 0) is 11.6 Å². The number of aromatic amines is 1. The number of aromatic nitrogens is 2. The van der Waals surface area contributed by atoms with Crippen LogP contribution in [0.15, 0.2) is 53.1 Å². The van der Waals surface area contributed by atoms with Crippen LogP contribution in [0, 0.1) is 0 Å². The van der Waals surface area contributed by atoms with E-state index in [-0.39, 0.29) is 0 Å². The maximum Gasteiger partial charge on any atom is 0.335 e. The van der Waals surface area contributed by atoms with Gasteiger partial charge in [-0.3, -0.25) is 5.10 Å². The predicted octanol–water partition coefficient (Wildman–Crippen LogP) is 2.71. The van der Waals surface area contributed by atoms with Crippen molar-refractivity contribution in [1.29, 1.82) is 0 Å². The number of benzene rings is 1. The van der Waals surface area contributed by atoms with Gasteiger partial charge < -0.3 is 9.73 Å². The van der Waals surface area contributed by atoms with Crippen molar-refractivity contribution in [1.82, 2.24) is 10.2 Å². The molecule has 0 aliphatic heterocycles. The highest BCUT2D eigenvalue weighted by molar-refractivity contribution is 7.51. The molecule has 108 valence electrons. The molecular weight excluding hydrogens is 290 g/mol. The average Bonchev–Trinajstić information content (AvgIpc) is 3.19. The summed E-state index contributed by atoms with van der Waals surface area (Å²) < 4.78 is 21.9. The number of nitrogens with zero attached hydrogens (tertiary/aromatic N) is 1. The summed E-state index contributed by atoms with van der Waals surface area (Å²) in [7, 11) is 1.90. The summed E-state index contributed by atoms with van der Waals surface area (Å²) in [5.41, 5.74) is 3.89. The monoisotopic (exact) mass is 303 g/mol. The topological polar surface area (TPSA) is 88.0 Å². The van der Waals surface area contributed by atoms with Gasteiger partial charge in [-0.25, -0.2) is 0 Å². The van der Waals surface area contributed by atoms with Crippen molar-refractivity contribution in [3.8, 4) is 22.7 Å². The van der Waals surface area contributed by atoms with E-state index in [2.05, 4.69) is 15.5 Å². The van der Waals surface area contributed by atoms with Gasteiger partial charge in [-0.1, -0.05) is 18.2 Å². The van der Waals surface area contributed by atoms with Crippen molar-refractivity contribution in [2.45, 2.75) is 0 Å². The standard InChI is InChI=1S/C14H13N3O.O2S/c1-15-11-6-3-2-5-10(11)12-9-13(17-16-12)14-7-4-8-18-14;1-3-2/h2-9,15H,1H3,(H,16,17);. The van der Waals surface area contributed by atoms with Gasteiger partial charge in [0.05, 0.1) is 12.0 Å². The Bertz CT molecular complexity index is 732. The Hall–Kier alpha value is -2.67. The third-order valence-corrected chi connectivity index (χ3v) is 2.84. The number of para-hydroxylation sites is 1. The largest absolute Gasteiger partial charge is 0.463 e. The quantitative estimate of drug-likeness (QED) is 0.776. The molecule has 2 N–H and O–H groups in total. The molecule has 21 heavy (non-hydrogen) atoms. The number of H-pyrrole nitrogens is 1. The van der Waals surface area contributed by atoms with E-state index in [1.165, 1.54) is 0 Å². The first-order chi connectivity index (χ1) is 10.3. The van der Waals surface area contributed by atoms with E-state index in [0.717, 1.165) is 28.4 Å². The summed E-state index contributed by atoms with van der Waals surface area (Å²) in [5.74, 6) is 0.788. The van der Waals surface area contributed by atoms with Crippen LogP contribution in [0.25, 0.3) is 22.7 Å². The van der Waals surface area contributed by atoms with E-state index in [1.807, 2.05) is 49.5 Å². The van der Waals surface area contributed by atoms with E-state index >= 15 is 0 Å². The molecule has 0 radical (unpaired) electrons. The molecule has 3 rings (SSSR count). The molecule has 0 unspecified atom stereocenters. The maximum atomic E-state index is 8.29. The fourth-order valence-corrected chi connectivity index (χ4v) is 1.94.